The molecule has 10 heteroatoms. The lowest BCUT2D eigenvalue weighted by Crippen LogP contribution is -2.69. The molecule has 1 aliphatic heterocycles. The standard InChI is InChI=1S/C41H67N5O5/c1-12-44-40(11,25(4)5)21-51-32-29(46-34(33(42)47)43-23-45-46)19-41-22-50-20-37(32,8)30(41)14-13-27-28(41)15-16-39(10)31(35(48)49)36(7,26(6)24(2)3)17-18-38(27,39)9/h15,23-27,29-32,44H,12-14,16-22H2,1-11H3,(H2,42,47)(H,48,49)/t26-,27+,29-,30+,31-,32+,36-,37-,38-,39+,40+,41+/m1/s1. The molecule has 6 rings (SSSR count). The molecule has 1 aromatic heterocycles. The first kappa shape index (κ1) is 38.4. The molecular weight excluding hydrogens is 642 g/mol. The van der Waals surface area contributed by atoms with Gasteiger partial charge in [0.25, 0.3) is 5.91 Å². The van der Waals surface area contributed by atoms with Crippen LogP contribution in [0.1, 0.15) is 131 Å². The van der Waals surface area contributed by atoms with Gasteiger partial charge >= 0.3 is 5.97 Å². The number of carbonyl (C=O) groups is 2. The van der Waals surface area contributed by atoms with Crippen LogP contribution in [0.25, 0.3) is 0 Å². The summed E-state index contributed by atoms with van der Waals surface area (Å²) in [6, 6.07) is -0.285. The van der Waals surface area contributed by atoms with Crippen molar-refractivity contribution in [1.29, 1.82) is 0 Å². The highest BCUT2D eigenvalue weighted by Gasteiger charge is 2.72. The van der Waals surface area contributed by atoms with Gasteiger partial charge in [0.15, 0.2) is 0 Å². The van der Waals surface area contributed by atoms with E-state index in [0.717, 1.165) is 38.6 Å². The van der Waals surface area contributed by atoms with E-state index in [2.05, 4.69) is 97.6 Å². The topological polar surface area (TPSA) is 142 Å². The highest BCUT2D eigenvalue weighted by atomic mass is 16.5. The summed E-state index contributed by atoms with van der Waals surface area (Å²) in [7, 11) is 0. The van der Waals surface area contributed by atoms with Crippen LogP contribution < -0.4 is 11.1 Å². The number of hydrogen-bond acceptors (Lipinski definition) is 7. The monoisotopic (exact) mass is 710 g/mol. The number of nitrogens with zero attached hydrogens (tertiary/aromatic N) is 3. The predicted molar refractivity (Wildman–Crippen MR) is 198 cm³/mol. The summed E-state index contributed by atoms with van der Waals surface area (Å²) in [6.45, 7) is 27.3. The maximum Gasteiger partial charge on any atom is 0.307 e. The first-order valence-electron chi connectivity index (χ1n) is 19.8. The second-order valence-corrected chi connectivity index (χ2v) is 19.3. The van der Waals surface area contributed by atoms with Gasteiger partial charge in [-0.2, -0.15) is 5.10 Å². The maximum absolute atomic E-state index is 13.5. The van der Waals surface area contributed by atoms with Gasteiger partial charge in [-0.3, -0.25) is 9.59 Å². The molecule has 286 valence electrons. The molecule has 2 bridgehead atoms. The van der Waals surface area contributed by atoms with Gasteiger partial charge in [0.2, 0.25) is 5.82 Å². The molecule has 2 heterocycles. The van der Waals surface area contributed by atoms with E-state index in [0.29, 0.717) is 44.0 Å². The number of carboxylic acids is 1. The minimum absolute atomic E-state index is 0.156. The lowest BCUT2D eigenvalue weighted by Gasteiger charge is -2.71. The van der Waals surface area contributed by atoms with Gasteiger partial charge in [-0.25, -0.2) is 9.67 Å². The zero-order chi connectivity index (χ0) is 37.5. The van der Waals surface area contributed by atoms with Crippen LogP contribution in [0.2, 0.25) is 0 Å². The Labute approximate surface area is 306 Å². The molecule has 0 spiro atoms. The Morgan fingerprint density at radius 2 is 1.82 bits per heavy atom. The van der Waals surface area contributed by atoms with E-state index in [1.54, 1.807) is 4.68 Å². The third kappa shape index (κ3) is 5.41. The van der Waals surface area contributed by atoms with Crippen molar-refractivity contribution in [2.45, 2.75) is 132 Å². The van der Waals surface area contributed by atoms with Crippen molar-refractivity contribution >= 4 is 11.9 Å². The molecule has 10 nitrogen and oxygen atoms in total. The van der Waals surface area contributed by atoms with Gasteiger partial charge in [-0.15, -0.1) is 0 Å². The van der Waals surface area contributed by atoms with Crippen LogP contribution >= 0.6 is 0 Å². The van der Waals surface area contributed by atoms with E-state index in [-0.39, 0.29) is 57.0 Å². The summed E-state index contributed by atoms with van der Waals surface area (Å²) in [5.74, 6) is 0.0168. The molecule has 1 aromatic rings. The molecule has 3 saturated carbocycles. The molecule has 4 N–H and O–H groups in total. The molecule has 1 saturated heterocycles. The largest absolute Gasteiger partial charge is 0.481 e. The van der Waals surface area contributed by atoms with E-state index >= 15 is 0 Å². The van der Waals surface area contributed by atoms with E-state index < -0.39 is 23.2 Å². The normalized spacial score (nSPS) is 42.3. The smallest absolute Gasteiger partial charge is 0.307 e. The Morgan fingerprint density at radius 3 is 2.43 bits per heavy atom. The number of nitrogens with two attached hydrogens (primary N) is 1. The van der Waals surface area contributed by atoms with Gasteiger partial charge in [-0.1, -0.05) is 80.9 Å². The van der Waals surface area contributed by atoms with Crippen LogP contribution in [0.4, 0.5) is 0 Å². The third-order valence-corrected chi connectivity index (χ3v) is 16.6. The lowest BCUT2D eigenvalue weighted by molar-refractivity contribution is -0.253. The van der Waals surface area contributed by atoms with Gasteiger partial charge in [0.1, 0.15) is 6.33 Å². The van der Waals surface area contributed by atoms with Crippen molar-refractivity contribution in [1.82, 2.24) is 20.1 Å². The molecule has 5 aliphatic rings. The summed E-state index contributed by atoms with van der Waals surface area (Å²) in [5, 5.41) is 19.4. The first-order valence-corrected chi connectivity index (χ1v) is 19.8. The van der Waals surface area contributed by atoms with Crippen molar-refractivity contribution in [3.63, 3.8) is 0 Å². The number of ether oxygens (including phenoxy) is 2. The Balaban J connectivity index is 1.47. The molecule has 0 aromatic carbocycles. The van der Waals surface area contributed by atoms with Gasteiger partial charge in [0.05, 0.1) is 37.9 Å². The third-order valence-electron chi connectivity index (χ3n) is 16.6. The van der Waals surface area contributed by atoms with E-state index in [1.165, 1.54) is 11.9 Å². The Hall–Kier alpha value is -2.30. The van der Waals surface area contributed by atoms with Gasteiger partial charge in [-0.05, 0) is 97.8 Å². The Kier molecular flexibility index (Phi) is 9.74. The minimum Gasteiger partial charge on any atom is -0.481 e. The molecule has 12 atom stereocenters. The van der Waals surface area contributed by atoms with Gasteiger partial charge in [0, 0.05) is 16.4 Å². The average Bonchev–Trinajstić information content (AvgIpc) is 3.54. The number of primary amides is 1. The molecule has 4 fully saturated rings. The van der Waals surface area contributed by atoms with Gasteiger partial charge < -0.3 is 25.6 Å². The lowest BCUT2D eigenvalue weighted by atomic mass is 9.34. The highest BCUT2D eigenvalue weighted by Crippen LogP contribution is 2.75. The zero-order valence-electron chi connectivity index (χ0n) is 33.3. The number of hydrogen-bond donors (Lipinski definition) is 3. The average molecular weight is 710 g/mol. The fourth-order valence-electron chi connectivity index (χ4n) is 12.9. The van der Waals surface area contributed by atoms with Crippen molar-refractivity contribution in [3.8, 4) is 0 Å². The van der Waals surface area contributed by atoms with E-state index in [1.807, 2.05) is 0 Å². The number of rotatable bonds is 11. The number of likely N-dealkylation sites (N-methyl/N-ethyl adjacent to an activating group) is 1. The van der Waals surface area contributed by atoms with Crippen molar-refractivity contribution in [3.05, 3.63) is 23.8 Å². The SMILES string of the molecule is CCN[C@@](C)(CO[C@H]1[C@H](n2ncnc2C(N)=O)C[C@@]23COC[C@]1(C)[C@@H]2CC[C@H]1C3=CC[C@@]2(C)[C@H](C(=O)O)[C@@](C)([C@H](C)C(C)C)CC[C@]12C)C(C)C. The van der Waals surface area contributed by atoms with Crippen LogP contribution in [0.15, 0.2) is 18.0 Å². The summed E-state index contributed by atoms with van der Waals surface area (Å²) in [4.78, 5) is 30.6. The summed E-state index contributed by atoms with van der Waals surface area (Å²) in [6.07, 6.45) is 8.99. The number of nitrogens with one attached hydrogen (secondary N) is 1. The second-order valence-electron chi connectivity index (χ2n) is 19.3. The summed E-state index contributed by atoms with van der Waals surface area (Å²) in [5.41, 5.74) is 5.55. The minimum atomic E-state index is -0.649. The molecule has 0 radical (unpaired) electrons. The Morgan fingerprint density at radius 1 is 1.12 bits per heavy atom. The highest BCUT2D eigenvalue weighted by molar-refractivity contribution is 5.89. The first-order chi connectivity index (χ1) is 23.8. The van der Waals surface area contributed by atoms with Crippen molar-refractivity contribution in [2.75, 3.05) is 26.4 Å². The van der Waals surface area contributed by atoms with Crippen LogP contribution in [-0.2, 0) is 14.3 Å². The number of allylic oxidation sites excluding steroid dienone is 1. The number of aromatic nitrogens is 3. The predicted octanol–water partition coefficient (Wildman–Crippen LogP) is 6.92. The molecule has 1 amide bonds. The van der Waals surface area contributed by atoms with Crippen LogP contribution in [0, 0.1) is 62.6 Å². The number of carboxylic acid groups (broad SMARTS) is 1. The molecule has 4 aliphatic carbocycles. The van der Waals surface area contributed by atoms with Crippen LogP contribution in [0.5, 0.6) is 0 Å². The fraction of sp³-hybridized carbons (Fsp3) is 0.854. The summed E-state index contributed by atoms with van der Waals surface area (Å²) >= 11 is 0. The number of carbonyl (C=O) groups excluding carboxylic acids is 1. The van der Waals surface area contributed by atoms with Crippen molar-refractivity contribution in [2.24, 2.45) is 68.3 Å². The zero-order valence-corrected chi connectivity index (χ0v) is 33.3. The fourth-order valence-corrected chi connectivity index (χ4v) is 12.9. The molecule has 51 heavy (non-hydrogen) atoms. The van der Waals surface area contributed by atoms with Crippen LogP contribution in [0.3, 0.4) is 0 Å². The second kappa shape index (κ2) is 12.9. The van der Waals surface area contributed by atoms with Crippen LogP contribution in [-0.4, -0.2) is 69.8 Å². The number of aliphatic carboxylic acids is 1. The quantitative estimate of drug-likeness (QED) is 0.211. The van der Waals surface area contributed by atoms with E-state index in [9.17, 15) is 14.7 Å². The number of fused-ring (bicyclic) bond motifs is 3. The number of amides is 1. The Bertz CT molecular complexity index is 1540. The molecular formula is C41H67N5O5. The van der Waals surface area contributed by atoms with Crippen molar-refractivity contribution < 1.29 is 24.2 Å². The molecule has 0 unspecified atom stereocenters. The summed E-state index contributed by atoms with van der Waals surface area (Å²) < 4.78 is 15.6. The van der Waals surface area contributed by atoms with E-state index in [4.69, 9.17) is 15.2 Å². The maximum atomic E-state index is 13.5.